The van der Waals surface area contributed by atoms with Gasteiger partial charge in [-0.25, -0.2) is 13.1 Å². The number of rotatable bonds is 6. The molecular formula is C14H19N3O3S. The molecule has 0 atom stereocenters. The van der Waals surface area contributed by atoms with Crippen LogP contribution in [0.2, 0.25) is 0 Å². The summed E-state index contributed by atoms with van der Waals surface area (Å²) in [5.74, 6) is 0. The highest BCUT2D eigenvalue weighted by Gasteiger charge is 2.17. The highest BCUT2D eigenvalue weighted by Crippen LogP contribution is 2.17. The van der Waals surface area contributed by atoms with Crippen molar-refractivity contribution in [1.82, 2.24) is 14.5 Å². The number of hydrogen-bond acceptors (Lipinski definition) is 4. The van der Waals surface area contributed by atoms with Gasteiger partial charge in [0.15, 0.2) is 0 Å². The molecule has 0 aliphatic heterocycles. The summed E-state index contributed by atoms with van der Waals surface area (Å²) in [7, 11) is -1.76. The molecule has 2 rings (SSSR count). The summed E-state index contributed by atoms with van der Waals surface area (Å²) in [6.45, 7) is 1.85. The average Bonchev–Trinajstić information content (AvgIpc) is 2.84. The van der Waals surface area contributed by atoms with E-state index in [9.17, 15) is 8.42 Å². The van der Waals surface area contributed by atoms with Gasteiger partial charge in [0, 0.05) is 31.9 Å². The Morgan fingerprint density at radius 2 is 2.10 bits per heavy atom. The van der Waals surface area contributed by atoms with Crippen molar-refractivity contribution in [2.75, 3.05) is 6.54 Å². The summed E-state index contributed by atoms with van der Waals surface area (Å²) in [4.78, 5) is 0.207. The van der Waals surface area contributed by atoms with E-state index in [-0.39, 0.29) is 11.5 Å². The van der Waals surface area contributed by atoms with Crippen molar-refractivity contribution in [3.8, 4) is 0 Å². The summed E-state index contributed by atoms with van der Waals surface area (Å²) in [6, 6.07) is 6.76. The van der Waals surface area contributed by atoms with E-state index in [4.69, 9.17) is 5.11 Å². The third-order valence-electron chi connectivity index (χ3n) is 3.32. The van der Waals surface area contributed by atoms with Gasteiger partial charge in [0.1, 0.15) is 0 Å². The zero-order valence-corrected chi connectivity index (χ0v) is 12.9. The van der Waals surface area contributed by atoms with Gasteiger partial charge in [-0.1, -0.05) is 12.1 Å². The number of nitrogens with one attached hydrogen (secondary N) is 1. The smallest absolute Gasteiger partial charge is 0.240 e. The molecule has 7 heteroatoms. The maximum absolute atomic E-state index is 12.3. The van der Waals surface area contributed by atoms with Crippen LogP contribution in [0.5, 0.6) is 0 Å². The van der Waals surface area contributed by atoms with Crippen LogP contribution in [0.25, 0.3) is 0 Å². The lowest BCUT2D eigenvalue weighted by Gasteiger charge is -2.10. The molecule has 1 aromatic carbocycles. The largest absolute Gasteiger partial charge is 0.392 e. The Labute approximate surface area is 124 Å². The summed E-state index contributed by atoms with van der Waals surface area (Å²) < 4.78 is 28.9. The Hall–Kier alpha value is -1.70. The van der Waals surface area contributed by atoms with Crippen molar-refractivity contribution >= 4 is 10.0 Å². The monoisotopic (exact) mass is 309 g/mol. The maximum atomic E-state index is 12.3. The highest BCUT2D eigenvalue weighted by molar-refractivity contribution is 7.89. The molecule has 0 amide bonds. The number of aliphatic hydroxyl groups excluding tert-OH is 1. The Bertz CT molecular complexity index is 723. The van der Waals surface area contributed by atoms with Crippen molar-refractivity contribution in [2.45, 2.75) is 24.8 Å². The average molecular weight is 309 g/mol. The molecule has 0 fully saturated rings. The maximum Gasteiger partial charge on any atom is 0.240 e. The lowest BCUT2D eigenvalue weighted by molar-refractivity contribution is 0.281. The molecule has 1 aromatic heterocycles. The standard InChI is InChI=1S/C14H19N3O3S/c1-11-3-4-12(10-18)9-14(11)21(19,20)16-8-6-13-5-7-15-17(13)2/h3-5,7,9,16,18H,6,8,10H2,1-2H3. The van der Waals surface area contributed by atoms with Crippen LogP contribution < -0.4 is 4.72 Å². The molecule has 0 aliphatic rings. The third kappa shape index (κ3) is 3.69. The van der Waals surface area contributed by atoms with Crippen molar-refractivity contribution in [2.24, 2.45) is 7.05 Å². The van der Waals surface area contributed by atoms with E-state index >= 15 is 0 Å². The van der Waals surface area contributed by atoms with Gasteiger partial charge >= 0.3 is 0 Å². The van der Waals surface area contributed by atoms with Crippen LogP contribution in [-0.2, 0) is 30.1 Å². The van der Waals surface area contributed by atoms with Crippen LogP contribution in [-0.4, -0.2) is 29.8 Å². The van der Waals surface area contributed by atoms with Crippen LogP contribution in [0.1, 0.15) is 16.8 Å². The molecule has 0 saturated heterocycles. The second-order valence-corrected chi connectivity index (χ2v) is 6.59. The highest BCUT2D eigenvalue weighted by atomic mass is 32.2. The first kappa shape index (κ1) is 15.7. The first-order valence-electron chi connectivity index (χ1n) is 6.61. The van der Waals surface area contributed by atoms with Gasteiger partial charge in [-0.2, -0.15) is 5.10 Å². The van der Waals surface area contributed by atoms with Gasteiger partial charge in [-0.05, 0) is 30.2 Å². The lowest BCUT2D eigenvalue weighted by atomic mass is 10.2. The number of hydrogen-bond donors (Lipinski definition) is 2. The fourth-order valence-electron chi connectivity index (χ4n) is 2.07. The fourth-order valence-corrected chi connectivity index (χ4v) is 3.39. The van der Waals surface area contributed by atoms with Crippen LogP contribution in [0.15, 0.2) is 35.4 Å². The first-order valence-corrected chi connectivity index (χ1v) is 8.09. The molecule has 114 valence electrons. The van der Waals surface area contributed by atoms with Crippen LogP contribution >= 0.6 is 0 Å². The van der Waals surface area contributed by atoms with Crippen molar-refractivity contribution in [1.29, 1.82) is 0 Å². The lowest BCUT2D eigenvalue weighted by Crippen LogP contribution is -2.27. The van der Waals surface area contributed by atoms with E-state index in [1.165, 1.54) is 6.07 Å². The Kier molecular flexibility index (Phi) is 4.76. The van der Waals surface area contributed by atoms with Gasteiger partial charge in [-0.15, -0.1) is 0 Å². The van der Waals surface area contributed by atoms with E-state index < -0.39 is 10.0 Å². The van der Waals surface area contributed by atoms with Crippen molar-refractivity contribution in [3.63, 3.8) is 0 Å². The summed E-state index contributed by atoms with van der Waals surface area (Å²) in [5, 5.41) is 13.2. The second kappa shape index (κ2) is 6.38. The molecular weight excluding hydrogens is 290 g/mol. The minimum atomic E-state index is -3.58. The zero-order chi connectivity index (χ0) is 15.5. The second-order valence-electron chi connectivity index (χ2n) is 4.85. The van der Waals surface area contributed by atoms with Crippen molar-refractivity contribution in [3.05, 3.63) is 47.3 Å². The van der Waals surface area contributed by atoms with E-state index in [2.05, 4.69) is 9.82 Å². The number of aryl methyl sites for hydroxylation is 2. The normalized spacial score (nSPS) is 11.8. The molecule has 2 N–H and O–H groups in total. The molecule has 0 saturated carbocycles. The van der Waals surface area contributed by atoms with Crippen molar-refractivity contribution < 1.29 is 13.5 Å². The van der Waals surface area contributed by atoms with Gasteiger partial charge in [0.25, 0.3) is 0 Å². The minimum absolute atomic E-state index is 0.183. The molecule has 0 spiro atoms. The number of aromatic nitrogens is 2. The van der Waals surface area contributed by atoms with Crippen LogP contribution in [0, 0.1) is 6.92 Å². The predicted octanol–water partition coefficient (Wildman–Crippen LogP) is 0.742. The number of aliphatic hydroxyl groups is 1. The van der Waals surface area contributed by atoms with Crippen LogP contribution in [0.4, 0.5) is 0 Å². The summed E-state index contributed by atoms with van der Waals surface area (Å²) >= 11 is 0. The summed E-state index contributed by atoms with van der Waals surface area (Å²) in [6.07, 6.45) is 2.24. The van der Waals surface area contributed by atoms with Crippen LogP contribution in [0.3, 0.4) is 0 Å². The minimum Gasteiger partial charge on any atom is -0.392 e. The molecule has 2 aromatic rings. The Balaban J connectivity index is 2.10. The van der Waals surface area contributed by atoms with Gasteiger partial charge in [-0.3, -0.25) is 4.68 Å². The van der Waals surface area contributed by atoms with E-state index in [1.54, 1.807) is 29.9 Å². The van der Waals surface area contributed by atoms with Gasteiger partial charge < -0.3 is 5.11 Å². The molecule has 21 heavy (non-hydrogen) atoms. The predicted molar refractivity (Wildman–Crippen MR) is 79.2 cm³/mol. The topological polar surface area (TPSA) is 84.2 Å². The molecule has 0 bridgehead atoms. The Morgan fingerprint density at radius 1 is 1.33 bits per heavy atom. The molecule has 1 heterocycles. The molecule has 0 aliphatic carbocycles. The first-order chi connectivity index (χ1) is 9.94. The van der Waals surface area contributed by atoms with E-state index in [0.717, 1.165) is 5.69 Å². The third-order valence-corrected chi connectivity index (χ3v) is 4.92. The van der Waals surface area contributed by atoms with E-state index in [1.807, 2.05) is 13.1 Å². The quantitative estimate of drug-likeness (QED) is 0.824. The molecule has 6 nitrogen and oxygen atoms in total. The summed E-state index contributed by atoms with van der Waals surface area (Å²) in [5.41, 5.74) is 2.19. The fraction of sp³-hybridized carbons (Fsp3) is 0.357. The molecule has 0 unspecified atom stereocenters. The number of benzene rings is 1. The van der Waals surface area contributed by atoms with Gasteiger partial charge in [0.05, 0.1) is 11.5 Å². The zero-order valence-electron chi connectivity index (χ0n) is 12.1. The Morgan fingerprint density at radius 3 is 2.71 bits per heavy atom. The number of nitrogens with zero attached hydrogens (tertiary/aromatic N) is 2. The van der Waals surface area contributed by atoms with E-state index in [0.29, 0.717) is 24.1 Å². The number of sulfonamides is 1. The molecule has 0 radical (unpaired) electrons. The SMILES string of the molecule is Cc1ccc(CO)cc1S(=O)(=O)NCCc1ccnn1C. The van der Waals surface area contributed by atoms with Gasteiger partial charge in [0.2, 0.25) is 10.0 Å².